The van der Waals surface area contributed by atoms with Gasteiger partial charge in [0.25, 0.3) is 0 Å². The summed E-state index contributed by atoms with van der Waals surface area (Å²) in [6.07, 6.45) is 0. The first-order valence-corrected chi connectivity index (χ1v) is 8.79. The van der Waals surface area contributed by atoms with E-state index < -0.39 is 13.1 Å². The summed E-state index contributed by atoms with van der Waals surface area (Å²) in [6, 6.07) is 4.67. The van der Waals surface area contributed by atoms with Crippen LogP contribution in [0.25, 0.3) is 5.76 Å². The second-order valence-electron chi connectivity index (χ2n) is 4.49. The van der Waals surface area contributed by atoms with E-state index >= 15 is 0 Å². The first kappa shape index (κ1) is 18.9. The van der Waals surface area contributed by atoms with E-state index in [4.69, 9.17) is 18.7 Å². The fourth-order valence-electron chi connectivity index (χ4n) is 2.00. The molecule has 1 aromatic carbocycles. The Kier molecular flexibility index (Phi) is 6.49. The maximum absolute atomic E-state index is 12.4. The first-order chi connectivity index (χ1) is 10.9. The van der Waals surface area contributed by atoms with Crippen molar-refractivity contribution in [3.63, 3.8) is 0 Å². The van der Waals surface area contributed by atoms with Gasteiger partial charge < -0.3 is 23.8 Å². The number of nitriles is 1. The van der Waals surface area contributed by atoms with E-state index in [1.54, 1.807) is 13.0 Å². The smallest absolute Gasteiger partial charge is 0.243 e. The van der Waals surface area contributed by atoms with Crippen LogP contribution in [0.4, 0.5) is 0 Å². The molecule has 7 nitrogen and oxygen atoms in total. The number of allylic oxidation sites excluding steroid dienone is 1. The van der Waals surface area contributed by atoms with Gasteiger partial charge in [0.1, 0.15) is 11.8 Å². The Labute approximate surface area is 135 Å². The summed E-state index contributed by atoms with van der Waals surface area (Å²) in [5.41, 5.74) is 0.206. The van der Waals surface area contributed by atoms with Gasteiger partial charge >= 0.3 is 0 Å². The molecule has 126 valence electrons. The third-order valence-corrected chi connectivity index (χ3v) is 4.93. The third kappa shape index (κ3) is 3.98. The van der Waals surface area contributed by atoms with Gasteiger partial charge in [-0.3, -0.25) is 4.57 Å². The van der Waals surface area contributed by atoms with Crippen LogP contribution in [-0.2, 0) is 9.09 Å². The SMILES string of the molecule is CCOP(C)(=O)/C(C#N)=C(\O)c1cc(OC)c(OC)c(OC)c1. The molecular weight excluding hydrogens is 321 g/mol. The first-order valence-electron chi connectivity index (χ1n) is 6.72. The molecule has 1 unspecified atom stereocenters. The van der Waals surface area contributed by atoms with E-state index in [0.29, 0.717) is 17.2 Å². The third-order valence-electron chi connectivity index (χ3n) is 3.05. The van der Waals surface area contributed by atoms with Crippen molar-refractivity contribution in [1.29, 1.82) is 5.26 Å². The molecule has 8 heteroatoms. The van der Waals surface area contributed by atoms with Crippen molar-refractivity contribution >= 4 is 13.1 Å². The Balaban J connectivity index is 3.59. The van der Waals surface area contributed by atoms with Crippen LogP contribution in [0.15, 0.2) is 17.4 Å². The van der Waals surface area contributed by atoms with Gasteiger partial charge in [-0.05, 0) is 19.1 Å². The van der Waals surface area contributed by atoms with E-state index in [1.165, 1.54) is 40.1 Å². The largest absolute Gasteiger partial charge is 0.506 e. The van der Waals surface area contributed by atoms with Crippen molar-refractivity contribution in [2.24, 2.45) is 0 Å². The summed E-state index contributed by atoms with van der Waals surface area (Å²) in [5.74, 6) is 0.488. The van der Waals surface area contributed by atoms with Crippen LogP contribution in [-0.4, -0.2) is 39.7 Å². The van der Waals surface area contributed by atoms with Crippen molar-refractivity contribution in [2.45, 2.75) is 6.92 Å². The quantitative estimate of drug-likeness (QED) is 0.461. The van der Waals surface area contributed by atoms with Crippen LogP contribution in [0, 0.1) is 11.3 Å². The predicted octanol–water partition coefficient (Wildman–Crippen LogP) is 3.41. The second-order valence-corrected chi connectivity index (χ2v) is 6.88. The van der Waals surface area contributed by atoms with Gasteiger partial charge in [-0.25, -0.2) is 0 Å². The molecule has 0 fully saturated rings. The lowest BCUT2D eigenvalue weighted by Crippen LogP contribution is -1.99. The molecule has 0 amide bonds. The van der Waals surface area contributed by atoms with E-state index in [0.717, 1.165) is 0 Å². The van der Waals surface area contributed by atoms with Crippen LogP contribution in [0.2, 0.25) is 0 Å². The number of nitrogens with zero attached hydrogens (tertiary/aromatic N) is 1. The standard InChI is InChI=1S/C15H20NO6P/c1-6-22-23(5,18)13(9-16)14(17)10-7-11(19-2)15(21-4)12(8-10)20-3/h7-8,17H,6H2,1-5H3/b14-13-. The second kappa shape index (κ2) is 7.91. The minimum Gasteiger partial charge on any atom is -0.506 e. The predicted molar refractivity (Wildman–Crippen MR) is 86.4 cm³/mol. The lowest BCUT2D eigenvalue weighted by molar-refractivity contribution is 0.324. The van der Waals surface area contributed by atoms with Crippen molar-refractivity contribution in [1.82, 2.24) is 0 Å². The van der Waals surface area contributed by atoms with E-state index in [-0.39, 0.29) is 17.5 Å². The minimum atomic E-state index is -3.43. The maximum atomic E-state index is 12.4. The van der Waals surface area contributed by atoms with Gasteiger partial charge in [0.15, 0.2) is 16.8 Å². The molecule has 0 heterocycles. The summed E-state index contributed by atoms with van der Waals surface area (Å²) in [7, 11) is 0.873. The summed E-state index contributed by atoms with van der Waals surface area (Å²) in [4.78, 5) is 0. The fraction of sp³-hybridized carbons (Fsp3) is 0.400. The number of aliphatic hydroxyl groups is 1. The molecule has 1 rings (SSSR count). The summed E-state index contributed by atoms with van der Waals surface area (Å²) >= 11 is 0. The number of hydrogen-bond donors (Lipinski definition) is 1. The topological polar surface area (TPSA) is 98.0 Å². The fourth-order valence-corrected chi connectivity index (χ4v) is 3.32. The highest BCUT2D eigenvalue weighted by Crippen LogP contribution is 2.53. The maximum Gasteiger partial charge on any atom is 0.243 e. The monoisotopic (exact) mass is 341 g/mol. The van der Waals surface area contributed by atoms with E-state index in [9.17, 15) is 14.9 Å². The number of aliphatic hydroxyl groups excluding tert-OH is 1. The van der Waals surface area contributed by atoms with Crippen LogP contribution in [0.5, 0.6) is 17.2 Å². The normalized spacial score (nSPS) is 14.3. The highest BCUT2D eigenvalue weighted by atomic mass is 31.2. The molecule has 0 saturated carbocycles. The molecule has 1 aromatic rings. The Morgan fingerprint density at radius 1 is 1.22 bits per heavy atom. The lowest BCUT2D eigenvalue weighted by atomic mass is 10.1. The molecule has 0 aromatic heterocycles. The number of ether oxygens (including phenoxy) is 3. The molecule has 0 bridgehead atoms. The van der Waals surface area contributed by atoms with Crippen molar-refractivity contribution in [3.05, 3.63) is 23.0 Å². The van der Waals surface area contributed by atoms with Crippen LogP contribution < -0.4 is 14.2 Å². The Morgan fingerprint density at radius 3 is 2.09 bits per heavy atom. The number of benzene rings is 1. The molecule has 1 N–H and O–H groups in total. The zero-order valence-electron chi connectivity index (χ0n) is 13.7. The Morgan fingerprint density at radius 2 is 1.74 bits per heavy atom. The van der Waals surface area contributed by atoms with Crippen molar-refractivity contribution in [3.8, 4) is 23.3 Å². The average Bonchev–Trinajstić information content (AvgIpc) is 2.53. The van der Waals surface area contributed by atoms with Crippen LogP contribution in [0.1, 0.15) is 12.5 Å². The zero-order valence-corrected chi connectivity index (χ0v) is 14.6. The zero-order chi connectivity index (χ0) is 17.6. The van der Waals surface area contributed by atoms with Crippen LogP contribution in [0.3, 0.4) is 0 Å². The molecule has 1 atom stereocenters. The van der Waals surface area contributed by atoms with Gasteiger partial charge in [0.05, 0.1) is 27.9 Å². The molecule has 0 saturated heterocycles. The van der Waals surface area contributed by atoms with Gasteiger partial charge in [-0.2, -0.15) is 5.26 Å². The summed E-state index contributed by atoms with van der Waals surface area (Å²) in [6.45, 7) is 3.09. The summed E-state index contributed by atoms with van der Waals surface area (Å²) in [5, 5.41) is 19.3. The number of methoxy groups -OCH3 is 3. The van der Waals surface area contributed by atoms with Gasteiger partial charge in [-0.1, -0.05) is 0 Å². The molecule has 0 aliphatic carbocycles. The Bertz CT molecular complexity index is 667. The van der Waals surface area contributed by atoms with E-state index in [2.05, 4.69) is 0 Å². The average molecular weight is 341 g/mol. The minimum absolute atomic E-state index is 0.154. The van der Waals surface area contributed by atoms with Crippen molar-refractivity contribution in [2.75, 3.05) is 34.6 Å². The lowest BCUT2D eigenvalue weighted by Gasteiger charge is -2.16. The van der Waals surface area contributed by atoms with E-state index in [1.807, 2.05) is 0 Å². The van der Waals surface area contributed by atoms with Gasteiger partial charge in [-0.15, -0.1) is 0 Å². The molecule has 0 aliphatic heterocycles. The molecular formula is C15H20NO6P. The number of hydrogen-bond acceptors (Lipinski definition) is 7. The Hall–Kier alpha value is -2.16. The molecule has 0 aliphatic rings. The number of rotatable bonds is 7. The van der Waals surface area contributed by atoms with Gasteiger partial charge in [0.2, 0.25) is 13.1 Å². The highest BCUT2D eigenvalue weighted by molar-refractivity contribution is 7.63. The molecule has 0 spiro atoms. The van der Waals surface area contributed by atoms with Gasteiger partial charge in [0, 0.05) is 12.2 Å². The molecule has 0 radical (unpaired) electrons. The molecule has 23 heavy (non-hydrogen) atoms. The highest BCUT2D eigenvalue weighted by Gasteiger charge is 2.28. The van der Waals surface area contributed by atoms with Crippen LogP contribution >= 0.6 is 7.37 Å². The summed E-state index contributed by atoms with van der Waals surface area (Å²) < 4.78 is 33.1. The van der Waals surface area contributed by atoms with Crippen molar-refractivity contribution < 1.29 is 28.4 Å².